The molecule has 1 aliphatic rings. The van der Waals surface area contributed by atoms with Crippen molar-refractivity contribution in [2.24, 2.45) is 7.05 Å². The third-order valence-electron chi connectivity index (χ3n) is 5.02. The van der Waals surface area contributed by atoms with Gasteiger partial charge in [-0.1, -0.05) is 0 Å². The van der Waals surface area contributed by atoms with Crippen molar-refractivity contribution in [1.29, 1.82) is 0 Å². The lowest BCUT2D eigenvalue weighted by Crippen LogP contribution is -2.30. The molecule has 24 heavy (non-hydrogen) atoms. The molecule has 0 spiro atoms. The van der Waals surface area contributed by atoms with Crippen LogP contribution in [-0.4, -0.2) is 42.2 Å². The van der Waals surface area contributed by atoms with Crippen LogP contribution < -0.4 is 0 Å². The van der Waals surface area contributed by atoms with Crippen molar-refractivity contribution in [3.05, 3.63) is 35.4 Å². The summed E-state index contributed by atoms with van der Waals surface area (Å²) in [6.07, 6.45) is 8.51. The van der Waals surface area contributed by atoms with Gasteiger partial charge in [-0.3, -0.25) is 14.3 Å². The van der Waals surface area contributed by atoms with E-state index in [1.807, 2.05) is 17.9 Å². The van der Waals surface area contributed by atoms with E-state index >= 15 is 0 Å². The second kappa shape index (κ2) is 7.07. The number of hydrogen-bond acceptors (Lipinski definition) is 4. The Balaban J connectivity index is 1.65. The van der Waals surface area contributed by atoms with Crippen LogP contribution in [0.5, 0.6) is 0 Å². The van der Waals surface area contributed by atoms with Crippen LogP contribution in [0.2, 0.25) is 0 Å². The first-order valence-corrected chi connectivity index (χ1v) is 8.89. The van der Waals surface area contributed by atoms with Crippen LogP contribution in [0.1, 0.15) is 62.1 Å². The van der Waals surface area contributed by atoms with E-state index in [0.717, 1.165) is 37.2 Å². The Bertz CT molecular complexity index is 675. The highest BCUT2D eigenvalue weighted by Gasteiger charge is 2.28. The van der Waals surface area contributed by atoms with Crippen LogP contribution in [0.15, 0.2) is 18.6 Å². The van der Waals surface area contributed by atoms with Gasteiger partial charge in [-0.2, -0.15) is 10.2 Å². The molecule has 6 heteroatoms. The highest BCUT2D eigenvalue weighted by atomic mass is 16.3. The fraction of sp³-hybridized carbons (Fsp3) is 0.667. The van der Waals surface area contributed by atoms with Gasteiger partial charge >= 0.3 is 0 Å². The minimum atomic E-state index is -0.441. The minimum absolute atomic E-state index is 0.388. The number of nitrogens with zero attached hydrogens (tertiary/aromatic N) is 5. The van der Waals surface area contributed by atoms with Gasteiger partial charge < -0.3 is 5.11 Å². The van der Waals surface area contributed by atoms with E-state index in [0.29, 0.717) is 12.1 Å². The summed E-state index contributed by atoms with van der Waals surface area (Å²) in [5, 5.41) is 19.3. The molecule has 132 valence electrons. The van der Waals surface area contributed by atoms with Crippen LogP contribution >= 0.6 is 0 Å². The van der Waals surface area contributed by atoms with Gasteiger partial charge in [-0.05, 0) is 46.6 Å². The fourth-order valence-corrected chi connectivity index (χ4v) is 3.53. The molecule has 1 fully saturated rings. The number of aliphatic hydroxyl groups is 1. The topological polar surface area (TPSA) is 59.1 Å². The lowest BCUT2D eigenvalue weighted by atomic mass is 10.0. The Morgan fingerprint density at radius 3 is 2.75 bits per heavy atom. The molecule has 2 atom stereocenters. The third-order valence-corrected chi connectivity index (χ3v) is 5.02. The Kier molecular flexibility index (Phi) is 5.06. The molecule has 0 amide bonds. The molecule has 6 nitrogen and oxygen atoms in total. The summed E-state index contributed by atoms with van der Waals surface area (Å²) >= 11 is 0. The van der Waals surface area contributed by atoms with Crippen molar-refractivity contribution in [2.75, 3.05) is 6.54 Å². The maximum absolute atomic E-state index is 10.5. The van der Waals surface area contributed by atoms with Gasteiger partial charge in [-0.25, -0.2) is 0 Å². The first-order chi connectivity index (χ1) is 11.4. The van der Waals surface area contributed by atoms with E-state index in [9.17, 15) is 5.11 Å². The summed E-state index contributed by atoms with van der Waals surface area (Å²) in [5.41, 5.74) is 3.32. The predicted octanol–water partition coefficient (Wildman–Crippen LogP) is 2.59. The van der Waals surface area contributed by atoms with Crippen LogP contribution in [0.4, 0.5) is 0 Å². The van der Waals surface area contributed by atoms with E-state index in [1.54, 1.807) is 10.9 Å². The Morgan fingerprint density at radius 1 is 1.33 bits per heavy atom. The Hall–Kier alpha value is -1.66. The van der Waals surface area contributed by atoms with Gasteiger partial charge in [0.25, 0.3) is 0 Å². The van der Waals surface area contributed by atoms with E-state index in [2.05, 4.69) is 42.1 Å². The first kappa shape index (κ1) is 17.2. The molecular formula is C18H29N5O. The smallest absolute Gasteiger partial charge is 0.0835 e. The van der Waals surface area contributed by atoms with E-state index in [-0.39, 0.29) is 0 Å². The summed E-state index contributed by atoms with van der Waals surface area (Å²) in [7, 11) is 1.88. The molecule has 2 aromatic heterocycles. The number of rotatable bonds is 6. The van der Waals surface area contributed by atoms with E-state index < -0.39 is 6.10 Å². The van der Waals surface area contributed by atoms with Gasteiger partial charge in [0.05, 0.1) is 18.0 Å². The summed E-state index contributed by atoms with van der Waals surface area (Å²) in [4.78, 5) is 2.49. The van der Waals surface area contributed by atoms with Gasteiger partial charge in [-0.15, -0.1) is 0 Å². The van der Waals surface area contributed by atoms with E-state index in [1.165, 1.54) is 12.0 Å². The molecular weight excluding hydrogens is 302 g/mol. The number of hydrogen-bond donors (Lipinski definition) is 1. The number of aliphatic hydroxyl groups excluding tert-OH is 1. The van der Waals surface area contributed by atoms with Gasteiger partial charge in [0, 0.05) is 49.2 Å². The summed E-state index contributed by atoms with van der Waals surface area (Å²) in [6.45, 7) is 8.40. The summed E-state index contributed by atoms with van der Waals surface area (Å²) < 4.78 is 3.79. The predicted molar refractivity (Wildman–Crippen MR) is 93.6 cm³/mol. The molecule has 3 rings (SSSR count). The monoisotopic (exact) mass is 331 g/mol. The average molecular weight is 331 g/mol. The average Bonchev–Trinajstić information content (AvgIpc) is 3.22. The molecule has 1 saturated heterocycles. The highest BCUT2D eigenvalue weighted by Crippen LogP contribution is 2.29. The van der Waals surface area contributed by atoms with Crippen LogP contribution in [0, 0.1) is 6.92 Å². The molecule has 0 saturated carbocycles. The lowest BCUT2D eigenvalue weighted by Gasteiger charge is -2.26. The second-order valence-corrected chi connectivity index (χ2v) is 7.28. The standard InChI is InChI=1S/C18H29N5O/c1-13(2)23-12-16(14(3)20-23)11-22-7-5-6-17(22)8-18(24)15-9-19-21(4)10-15/h9-10,12-13,17-18,24H,5-8,11H2,1-4H3/t17-,18+/m1/s1. The molecule has 1 aliphatic heterocycles. The number of aromatic nitrogens is 4. The van der Waals surface area contributed by atoms with Gasteiger partial charge in [0.1, 0.15) is 0 Å². The third kappa shape index (κ3) is 3.70. The SMILES string of the molecule is Cc1nn(C(C)C)cc1CN1CCC[C@@H]1C[C@H](O)c1cnn(C)c1. The van der Waals surface area contributed by atoms with Crippen LogP contribution in [-0.2, 0) is 13.6 Å². The zero-order valence-electron chi connectivity index (χ0n) is 15.2. The zero-order chi connectivity index (χ0) is 17.3. The molecule has 1 N–H and O–H groups in total. The first-order valence-electron chi connectivity index (χ1n) is 8.89. The Labute approximate surface area is 144 Å². The molecule has 0 unspecified atom stereocenters. The molecule has 0 bridgehead atoms. The van der Waals surface area contributed by atoms with Gasteiger partial charge in [0.15, 0.2) is 0 Å². The maximum atomic E-state index is 10.5. The zero-order valence-corrected chi connectivity index (χ0v) is 15.2. The minimum Gasteiger partial charge on any atom is -0.388 e. The van der Waals surface area contributed by atoms with E-state index in [4.69, 9.17) is 0 Å². The molecule has 0 aliphatic carbocycles. The summed E-state index contributed by atoms with van der Waals surface area (Å²) in [6, 6.07) is 0.807. The number of likely N-dealkylation sites (tertiary alicyclic amines) is 1. The van der Waals surface area contributed by atoms with Crippen molar-refractivity contribution in [1.82, 2.24) is 24.5 Å². The second-order valence-electron chi connectivity index (χ2n) is 7.28. The van der Waals surface area contributed by atoms with Crippen molar-refractivity contribution < 1.29 is 5.11 Å². The molecule has 3 heterocycles. The van der Waals surface area contributed by atoms with Crippen molar-refractivity contribution >= 4 is 0 Å². The molecule has 2 aromatic rings. The van der Waals surface area contributed by atoms with Crippen LogP contribution in [0.3, 0.4) is 0 Å². The molecule has 0 aromatic carbocycles. The Morgan fingerprint density at radius 2 is 2.12 bits per heavy atom. The highest BCUT2D eigenvalue weighted by molar-refractivity contribution is 5.16. The van der Waals surface area contributed by atoms with Crippen molar-refractivity contribution in [2.45, 2.75) is 64.8 Å². The van der Waals surface area contributed by atoms with Crippen molar-refractivity contribution in [3.8, 4) is 0 Å². The van der Waals surface area contributed by atoms with Crippen LogP contribution in [0.25, 0.3) is 0 Å². The normalized spacial score (nSPS) is 20.2. The van der Waals surface area contributed by atoms with Crippen molar-refractivity contribution in [3.63, 3.8) is 0 Å². The molecule has 0 radical (unpaired) electrons. The lowest BCUT2D eigenvalue weighted by molar-refractivity contribution is 0.118. The fourth-order valence-electron chi connectivity index (χ4n) is 3.53. The number of aryl methyl sites for hydroxylation is 2. The summed E-state index contributed by atoms with van der Waals surface area (Å²) in [5.74, 6) is 0. The van der Waals surface area contributed by atoms with Gasteiger partial charge in [0.2, 0.25) is 0 Å². The largest absolute Gasteiger partial charge is 0.388 e. The quantitative estimate of drug-likeness (QED) is 0.884. The maximum Gasteiger partial charge on any atom is 0.0835 e.